The summed E-state index contributed by atoms with van der Waals surface area (Å²) in [6, 6.07) is 10.0. The molecule has 7 nitrogen and oxygen atoms in total. The molecule has 0 radical (unpaired) electrons. The molecule has 0 atom stereocenters. The van der Waals surface area contributed by atoms with Crippen molar-refractivity contribution in [3.8, 4) is 11.5 Å². The number of carbonyl (C=O) groups is 1. The molecule has 5 rings (SSSR count). The smallest absolute Gasteiger partial charge is 0.221 e. The molecule has 0 saturated carbocycles. The van der Waals surface area contributed by atoms with E-state index in [0.717, 1.165) is 76.8 Å². The molecule has 1 amide bonds. The van der Waals surface area contributed by atoms with E-state index in [1.807, 2.05) is 31.3 Å². The first-order chi connectivity index (χ1) is 15.1. The number of amides is 1. The lowest BCUT2D eigenvalue weighted by Crippen LogP contribution is -2.28. The Bertz CT molecular complexity index is 1230. The lowest BCUT2D eigenvalue weighted by molar-refractivity contribution is -0.114. The van der Waals surface area contributed by atoms with E-state index in [0.29, 0.717) is 0 Å². The zero-order valence-corrected chi connectivity index (χ0v) is 18.0. The van der Waals surface area contributed by atoms with Gasteiger partial charge in [0, 0.05) is 30.7 Å². The number of carbonyl (C=O) groups excluding carboxylic acids is 1. The van der Waals surface area contributed by atoms with Gasteiger partial charge in [0.05, 0.1) is 22.4 Å². The molecule has 1 saturated heterocycles. The van der Waals surface area contributed by atoms with E-state index in [1.54, 1.807) is 0 Å². The number of fused-ring (bicyclic) bond motifs is 3. The predicted molar refractivity (Wildman–Crippen MR) is 124 cm³/mol. The minimum atomic E-state index is -0.0850. The molecule has 4 heterocycles. The maximum Gasteiger partial charge on any atom is 0.221 e. The molecule has 3 aromatic heterocycles. The molecule has 4 aromatic rings. The standard InChI is InChI=1S/C24H28N6O/c1-15-22-23(19-6-5-18(28-16(2)31)14-21(19)27-15)30(13-9-17-7-11-25-12-8-17)24(29-22)20-4-3-10-26-20/h3-6,10,14,17,25-26H,7-9,11-13H2,1-2H3,(H,28,31). The molecule has 31 heavy (non-hydrogen) atoms. The first-order valence-electron chi connectivity index (χ1n) is 11.0. The van der Waals surface area contributed by atoms with E-state index in [-0.39, 0.29) is 5.91 Å². The molecule has 0 aliphatic carbocycles. The van der Waals surface area contributed by atoms with Crippen molar-refractivity contribution in [2.75, 3.05) is 18.4 Å². The molecule has 1 aromatic carbocycles. The van der Waals surface area contributed by atoms with Crippen LogP contribution in [-0.2, 0) is 11.3 Å². The largest absolute Gasteiger partial charge is 0.359 e. The summed E-state index contributed by atoms with van der Waals surface area (Å²) in [6.45, 7) is 6.66. The number of rotatable bonds is 5. The van der Waals surface area contributed by atoms with Crippen LogP contribution in [0.1, 0.15) is 31.9 Å². The fourth-order valence-electron chi connectivity index (χ4n) is 4.69. The summed E-state index contributed by atoms with van der Waals surface area (Å²) in [5, 5.41) is 7.38. The lowest BCUT2D eigenvalue weighted by Gasteiger charge is -2.23. The van der Waals surface area contributed by atoms with E-state index in [9.17, 15) is 4.79 Å². The Labute approximate surface area is 181 Å². The monoisotopic (exact) mass is 416 g/mol. The number of imidazole rings is 1. The zero-order valence-electron chi connectivity index (χ0n) is 18.0. The van der Waals surface area contributed by atoms with Crippen molar-refractivity contribution in [1.82, 2.24) is 24.8 Å². The summed E-state index contributed by atoms with van der Waals surface area (Å²) in [4.78, 5) is 24.7. The number of aromatic amines is 1. The Morgan fingerprint density at radius 1 is 1.23 bits per heavy atom. The minimum Gasteiger partial charge on any atom is -0.359 e. The molecule has 0 unspecified atom stereocenters. The van der Waals surface area contributed by atoms with E-state index < -0.39 is 0 Å². The van der Waals surface area contributed by atoms with Crippen LogP contribution in [0.3, 0.4) is 0 Å². The summed E-state index contributed by atoms with van der Waals surface area (Å²) in [5.74, 6) is 1.60. The van der Waals surface area contributed by atoms with Crippen molar-refractivity contribution in [3.05, 3.63) is 42.2 Å². The normalized spacial score (nSPS) is 15.0. The number of pyridine rings is 1. The number of aromatic nitrogens is 4. The van der Waals surface area contributed by atoms with Crippen molar-refractivity contribution >= 4 is 33.5 Å². The number of H-pyrrole nitrogens is 1. The van der Waals surface area contributed by atoms with Crippen LogP contribution in [0, 0.1) is 12.8 Å². The number of nitrogens with zero attached hydrogens (tertiary/aromatic N) is 3. The van der Waals surface area contributed by atoms with Gasteiger partial charge in [0.2, 0.25) is 5.91 Å². The number of anilines is 1. The highest BCUT2D eigenvalue weighted by Crippen LogP contribution is 2.33. The van der Waals surface area contributed by atoms with Gasteiger partial charge in [0.25, 0.3) is 0 Å². The molecular weight excluding hydrogens is 388 g/mol. The highest BCUT2D eigenvalue weighted by Gasteiger charge is 2.20. The van der Waals surface area contributed by atoms with Gasteiger partial charge in [0.15, 0.2) is 5.82 Å². The van der Waals surface area contributed by atoms with Gasteiger partial charge in [-0.15, -0.1) is 0 Å². The summed E-state index contributed by atoms with van der Waals surface area (Å²) in [6.07, 6.45) is 5.53. The number of nitrogens with one attached hydrogen (secondary N) is 3. The minimum absolute atomic E-state index is 0.0850. The van der Waals surface area contributed by atoms with Gasteiger partial charge in [-0.2, -0.15) is 0 Å². The van der Waals surface area contributed by atoms with Gasteiger partial charge in [-0.05, 0) is 75.5 Å². The second-order valence-electron chi connectivity index (χ2n) is 8.46. The zero-order chi connectivity index (χ0) is 21.4. The Kier molecular flexibility index (Phi) is 5.19. The number of hydrogen-bond donors (Lipinski definition) is 3. The van der Waals surface area contributed by atoms with Crippen LogP contribution in [-0.4, -0.2) is 38.5 Å². The van der Waals surface area contributed by atoms with Gasteiger partial charge in [-0.25, -0.2) is 4.98 Å². The molecule has 1 aliphatic heterocycles. The first kappa shape index (κ1) is 19.8. The Morgan fingerprint density at radius 2 is 2.06 bits per heavy atom. The Morgan fingerprint density at radius 3 is 2.81 bits per heavy atom. The van der Waals surface area contributed by atoms with Crippen LogP contribution < -0.4 is 10.6 Å². The average molecular weight is 417 g/mol. The van der Waals surface area contributed by atoms with Crippen LogP contribution in [0.4, 0.5) is 5.69 Å². The maximum atomic E-state index is 11.5. The first-order valence-corrected chi connectivity index (χ1v) is 11.0. The summed E-state index contributed by atoms with van der Waals surface area (Å²) >= 11 is 0. The third-order valence-electron chi connectivity index (χ3n) is 6.23. The van der Waals surface area contributed by atoms with Crippen molar-refractivity contribution < 1.29 is 4.79 Å². The highest BCUT2D eigenvalue weighted by molar-refractivity contribution is 6.06. The second-order valence-corrected chi connectivity index (χ2v) is 8.46. The Balaban J connectivity index is 1.66. The molecule has 1 aliphatic rings. The summed E-state index contributed by atoms with van der Waals surface area (Å²) in [7, 11) is 0. The predicted octanol–water partition coefficient (Wildman–Crippen LogP) is 4.24. The van der Waals surface area contributed by atoms with Gasteiger partial charge < -0.3 is 20.2 Å². The van der Waals surface area contributed by atoms with Crippen LogP contribution in [0.25, 0.3) is 33.5 Å². The highest BCUT2D eigenvalue weighted by atomic mass is 16.1. The molecule has 0 spiro atoms. The lowest BCUT2D eigenvalue weighted by atomic mass is 9.94. The fraction of sp³-hybridized carbons (Fsp3) is 0.375. The number of piperidine rings is 1. The van der Waals surface area contributed by atoms with Crippen LogP contribution in [0.2, 0.25) is 0 Å². The van der Waals surface area contributed by atoms with Gasteiger partial charge in [0.1, 0.15) is 5.52 Å². The molecule has 160 valence electrons. The van der Waals surface area contributed by atoms with E-state index in [1.165, 1.54) is 19.8 Å². The van der Waals surface area contributed by atoms with Gasteiger partial charge >= 0.3 is 0 Å². The Hall–Kier alpha value is -3.19. The fourth-order valence-corrected chi connectivity index (χ4v) is 4.69. The average Bonchev–Trinajstić information content (AvgIpc) is 3.41. The third kappa shape index (κ3) is 3.81. The van der Waals surface area contributed by atoms with Crippen molar-refractivity contribution in [2.24, 2.45) is 5.92 Å². The van der Waals surface area contributed by atoms with E-state index in [4.69, 9.17) is 9.97 Å². The summed E-state index contributed by atoms with van der Waals surface area (Å²) in [5.41, 5.74) is 5.61. The molecule has 3 N–H and O–H groups in total. The molecular formula is C24H28N6O. The topological polar surface area (TPSA) is 87.6 Å². The van der Waals surface area contributed by atoms with Gasteiger partial charge in [-0.3, -0.25) is 9.78 Å². The van der Waals surface area contributed by atoms with Crippen molar-refractivity contribution in [3.63, 3.8) is 0 Å². The number of aryl methyl sites for hydroxylation is 2. The van der Waals surface area contributed by atoms with E-state index >= 15 is 0 Å². The molecule has 0 bridgehead atoms. The summed E-state index contributed by atoms with van der Waals surface area (Å²) < 4.78 is 2.36. The van der Waals surface area contributed by atoms with E-state index in [2.05, 4.69) is 32.3 Å². The second kappa shape index (κ2) is 8.15. The number of hydrogen-bond acceptors (Lipinski definition) is 4. The number of benzene rings is 1. The van der Waals surface area contributed by atoms with Crippen LogP contribution in [0.5, 0.6) is 0 Å². The molecule has 7 heteroatoms. The van der Waals surface area contributed by atoms with Gasteiger partial charge in [-0.1, -0.05) is 0 Å². The van der Waals surface area contributed by atoms with Crippen molar-refractivity contribution in [2.45, 2.75) is 39.7 Å². The van der Waals surface area contributed by atoms with Crippen LogP contribution >= 0.6 is 0 Å². The molecule has 1 fully saturated rings. The SMILES string of the molecule is CC(=O)Nc1ccc2c(c1)nc(C)c1nc(-c3ccc[nH]3)n(CCC3CCNCC3)c12. The third-order valence-corrected chi connectivity index (χ3v) is 6.23. The quantitative estimate of drug-likeness (QED) is 0.454. The maximum absolute atomic E-state index is 11.5. The van der Waals surface area contributed by atoms with Crippen LogP contribution in [0.15, 0.2) is 36.5 Å². The van der Waals surface area contributed by atoms with Crippen molar-refractivity contribution in [1.29, 1.82) is 0 Å².